The Hall–Kier alpha value is -2.02. The maximum Gasteiger partial charge on any atom is 0.231 e. The van der Waals surface area contributed by atoms with Crippen LogP contribution < -0.4 is 4.74 Å². The lowest BCUT2D eigenvalue weighted by Crippen LogP contribution is -2.45. The highest BCUT2D eigenvalue weighted by molar-refractivity contribution is 5.85. The molecule has 0 aliphatic carbocycles. The van der Waals surface area contributed by atoms with E-state index in [9.17, 15) is 10.1 Å². The van der Waals surface area contributed by atoms with Crippen molar-refractivity contribution in [3.8, 4) is 11.8 Å². The summed E-state index contributed by atoms with van der Waals surface area (Å²) in [6.45, 7) is 1.27. The normalized spacial score (nSPS) is 25.2. The fraction of sp³-hybridized carbons (Fsp3) is 0.500. The lowest BCUT2D eigenvalue weighted by Gasteiger charge is -2.35. The second-order valence-electron chi connectivity index (χ2n) is 5.40. The van der Waals surface area contributed by atoms with Crippen molar-refractivity contribution in [1.82, 2.24) is 4.90 Å². The van der Waals surface area contributed by atoms with Crippen molar-refractivity contribution < 1.29 is 9.53 Å². The molecule has 1 saturated heterocycles. The summed E-state index contributed by atoms with van der Waals surface area (Å²) in [5.74, 6) is 0.739. The van der Waals surface area contributed by atoms with Crippen molar-refractivity contribution in [2.75, 3.05) is 13.2 Å². The molecule has 0 aromatic heterocycles. The molecule has 4 nitrogen and oxygen atoms in total. The van der Waals surface area contributed by atoms with Crippen LogP contribution in [0.1, 0.15) is 37.2 Å². The summed E-state index contributed by atoms with van der Waals surface area (Å²) >= 11 is 0. The smallest absolute Gasteiger partial charge is 0.231 e. The van der Waals surface area contributed by atoms with Gasteiger partial charge in [-0.3, -0.25) is 4.79 Å². The van der Waals surface area contributed by atoms with Gasteiger partial charge in [-0.15, -0.1) is 0 Å². The maximum atomic E-state index is 12.8. The summed E-state index contributed by atoms with van der Waals surface area (Å²) in [7, 11) is 0. The van der Waals surface area contributed by atoms with Gasteiger partial charge in [0, 0.05) is 12.1 Å². The Morgan fingerprint density at radius 3 is 3.00 bits per heavy atom. The van der Waals surface area contributed by atoms with E-state index in [1.54, 1.807) is 4.90 Å². The molecule has 0 radical (unpaired) electrons. The Kier molecular flexibility index (Phi) is 3.60. The van der Waals surface area contributed by atoms with E-state index in [0.717, 1.165) is 30.6 Å². The highest BCUT2D eigenvalue weighted by Gasteiger charge is 2.35. The molecule has 4 heteroatoms. The molecule has 2 unspecified atom stereocenters. The van der Waals surface area contributed by atoms with Crippen LogP contribution in [0, 0.1) is 11.3 Å². The largest absolute Gasteiger partial charge is 0.493 e. The monoisotopic (exact) mass is 270 g/mol. The van der Waals surface area contributed by atoms with Crippen molar-refractivity contribution in [1.29, 1.82) is 5.26 Å². The molecule has 3 rings (SSSR count). The van der Waals surface area contributed by atoms with E-state index < -0.39 is 0 Å². The van der Waals surface area contributed by atoms with Crippen molar-refractivity contribution in [3.05, 3.63) is 29.8 Å². The molecule has 1 amide bonds. The van der Waals surface area contributed by atoms with Crippen LogP contribution >= 0.6 is 0 Å². The Balaban J connectivity index is 1.86. The molecule has 1 fully saturated rings. The van der Waals surface area contributed by atoms with Gasteiger partial charge in [0.2, 0.25) is 5.91 Å². The molecule has 20 heavy (non-hydrogen) atoms. The average Bonchev–Trinajstić information content (AvgIpc) is 2.53. The summed E-state index contributed by atoms with van der Waals surface area (Å²) in [4.78, 5) is 14.6. The zero-order valence-electron chi connectivity index (χ0n) is 11.4. The summed E-state index contributed by atoms with van der Waals surface area (Å²) in [5.41, 5.74) is 0.964. The number of piperidine rings is 1. The van der Waals surface area contributed by atoms with Gasteiger partial charge in [0.1, 0.15) is 11.8 Å². The number of nitrogens with zero attached hydrogens (tertiary/aromatic N) is 2. The Morgan fingerprint density at radius 2 is 2.15 bits per heavy atom. The fourth-order valence-electron chi connectivity index (χ4n) is 3.13. The molecule has 2 heterocycles. The third kappa shape index (κ3) is 2.24. The second-order valence-corrected chi connectivity index (χ2v) is 5.40. The molecule has 0 saturated carbocycles. The first-order chi connectivity index (χ1) is 9.81. The van der Waals surface area contributed by atoms with Crippen molar-refractivity contribution >= 4 is 5.91 Å². The predicted molar refractivity (Wildman–Crippen MR) is 74.3 cm³/mol. The zero-order chi connectivity index (χ0) is 13.9. The number of carbonyl (C=O) groups excluding carboxylic acids is 1. The molecule has 1 aromatic carbocycles. The Bertz CT molecular complexity index is 550. The Morgan fingerprint density at radius 1 is 1.30 bits per heavy atom. The second kappa shape index (κ2) is 5.54. The van der Waals surface area contributed by atoms with E-state index in [2.05, 4.69) is 6.07 Å². The van der Waals surface area contributed by atoms with Crippen LogP contribution in [-0.2, 0) is 4.79 Å². The standard InChI is InChI=1S/C16H18N2O2/c17-11-12-5-3-4-9-18(12)16(19)14-8-10-20-15-7-2-1-6-13(14)15/h1-2,6-7,12,14H,3-5,8-10H2. The van der Waals surface area contributed by atoms with E-state index in [0.29, 0.717) is 19.6 Å². The van der Waals surface area contributed by atoms with E-state index in [-0.39, 0.29) is 17.9 Å². The third-order valence-corrected chi connectivity index (χ3v) is 4.19. The average molecular weight is 270 g/mol. The highest BCUT2D eigenvalue weighted by Crippen LogP contribution is 2.35. The van der Waals surface area contributed by atoms with Gasteiger partial charge in [-0.2, -0.15) is 5.26 Å². The van der Waals surface area contributed by atoms with Crippen LogP contribution in [0.15, 0.2) is 24.3 Å². The fourth-order valence-corrected chi connectivity index (χ4v) is 3.13. The van der Waals surface area contributed by atoms with Gasteiger partial charge >= 0.3 is 0 Å². The Labute approximate surface area is 118 Å². The SMILES string of the molecule is N#CC1CCCCN1C(=O)C1CCOc2ccccc21. The number of hydrogen-bond donors (Lipinski definition) is 0. The molecule has 104 valence electrons. The predicted octanol–water partition coefficient (Wildman–Crippen LogP) is 2.46. The van der Waals surface area contributed by atoms with Gasteiger partial charge in [0.15, 0.2) is 0 Å². The number of benzene rings is 1. The molecule has 0 N–H and O–H groups in total. The van der Waals surface area contributed by atoms with E-state index in [1.807, 2.05) is 24.3 Å². The lowest BCUT2D eigenvalue weighted by atomic mass is 9.90. The number of rotatable bonds is 1. The van der Waals surface area contributed by atoms with Gasteiger partial charge in [-0.25, -0.2) is 0 Å². The molecular formula is C16H18N2O2. The van der Waals surface area contributed by atoms with Crippen LogP contribution in [0.3, 0.4) is 0 Å². The van der Waals surface area contributed by atoms with Gasteiger partial charge in [0.05, 0.1) is 18.6 Å². The molecule has 2 aliphatic heterocycles. The topological polar surface area (TPSA) is 53.3 Å². The third-order valence-electron chi connectivity index (χ3n) is 4.19. The lowest BCUT2D eigenvalue weighted by molar-refractivity contribution is -0.136. The number of ether oxygens (including phenoxy) is 1. The van der Waals surface area contributed by atoms with Crippen LogP contribution in [0.5, 0.6) is 5.75 Å². The minimum Gasteiger partial charge on any atom is -0.493 e. The van der Waals surface area contributed by atoms with Crippen molar-refractivity contribution in [2.45, 2.75) is 37.6 Å². The van der Waals surface area contributed by atoms with Gasteiger partial charge in [-0.1, -0.05) is 18.2 Å². The number of fused-ring (bicyclic) bond motifs is 1. The van der Waals surface area contributed by atoms with Crippen LogP contribution in [0.2, 0.25) is 0 Å². The molecule has 2 aliphatic rings. The molecule has 2 atom stereocenters. The first-order valence-corrected chi connectivity index (χ1v) is 7.23. The highest BCUT2D eigenvalue weighted by atomic mass is 16.5. The maximum absolute atomic E-state index is 12.8. The number of carbonyl (C=O) groups is 1. The number of hydrogen-bond acceptors (Lipinski definition) is 3. The molecular weight excluding hydrogens is 252 g/mol. The van der Waals surface area contributed by atoms with Gasteiger partial charge < -0.3 is 9.64 Å². The summed E-state index contributed by atoms with van der Waals surface area (Å²) < 4.78 is 5.61. The minimum atomic E-state index is -0.258. The molecule has 0 spiro atoms. The number of likely N-dealkylation sites (tertiary alicyclic amines) is 1. The van der Waals surface area contributed by atoms with E-state index >= 15 is 0 Å². The van der Waals surface area contributed by atoms with E-state index in [1.165, 1.54) is 0 Å². The molecule has 0 bridgehead atoms. The van der Waals surface area contributed by atoms with Gasteiger partial charge in [-0.05, 0) is 31.7 Å². The quantitative estimate of drug-likeness (QED) is 0.787. The van der Waals surface area contributed by atoms with Crippen LogP contribution in [0.25, 0.3) is 0 Å². The first kappa shape index (κ1) is 13.0. The summed E-state index contributed by atoms with van der Waals surface area (Å²) in [6, 6.07) is 9.74. The van der Waals surface area contributed by atoms with Gasteiger partial charge in [0.25, 0.3) is 0 Å². The summed E-state index contributed by atoms with van der Waals surface area (Å²) in [6.07, 6.45) is 3.53. The van der Waals surface area contributed by atoms with Crippen molar-refractivity contribution in [2.24, 2.45) is 0 Å². The van der Waals surface area contributed by atoms with Crippen LogP contribution in [0.4, 0.5) is 0 Å². The zero-order valence-corrected chi connectivity index (χ0v) is 11.4. The number of para-hydroxylation sites is 1. The van der Waals surface area contributed by atoms with Crippen LogP contribution in [-0.4, -0.2) is 30.0 Å². The van der Waals surface area contributed by atoms with Crippen molar-refractivity contribution in [3.63, 3.8) is 0 Å². The minimum absolute atomic E-state index is 0.0898. The molecule has 1 aromatic rings. The number of amides is 1. The first-order valence-electron chi connectivity index (χ1n) is 7.23. The van der Waals surface area contributed by atoms with E-state index in [4.69, 9.17) is 4.74 Å². The summed E-state index contributed by atoms with van der Waals surface area (Å²) in [5, 5.41) is 9.24. The number of nitriles is 1.